The smallest absolute Gasteiger partial charge is 0.325 e. The summed E-state index contributed by atoms with van der Waals surface area (Å²) in [5.74, 6) is -1.82. The molecule has 5 amide bonds. The van der Waals surface area contributed by atoms with Crippen molar-refractivity contribution in [3.63, 3.8) is 0 Å². The first kappa shape index (κ1) is 19.1. The van der Waals surface area contributed by atoms with E-state index in [-0.39, 0.29) is 6.04 Å². The van der Waals surface area contributed by atoms with Crippen molar-refractivity contribution in [2.75, 3.05) is 11.9 Å². The van der Waals surface area contributed by atoms with Crippen molar-refractivity contribution in [3.8, 4) is 0 Å². The molecule has 0 aromatic heterocycles. The van der Waals surface area contributed by atoms with Crippen molar-refractivity contribution in [2.45, 2.75) is 57.9 Å². The van der Waals surface area contributed by atoms with Crippen LogP contribution in [0.2, 0.25) is 0 Å². The molecule has 1 aromatic rings. The first-order valence-electron chi connectivity index (χ1n) is 9.51. The third-order valence-electron chi connectivity index (χ3n) is 5.45. The van der Waals surface area contributed by atoms with Crippen LogP contribution >= 0.6 is 0 Å². The van der Waals surface area contributed by atoms with Crippen LogP contribution in [0.3, 0.4) is 0 Å². The SMILES string of the molecule is CC[C@@H](C)c1ccc(NC(=O)CN2C(=O)C(=O)N(C3CCCC3)C2=O)cc1. The summed E-state index contributed by atoms with van der Waals surface area (Å²) in [6.07, 6.45) is 4.32. The highest BCUT2D eigenvalue weighted by molar-refractivity contribution is 6.45. The Morgan fingerprint density at radius 1 is 1.11 bits per heavy atom. The lowest BCUT2D eigenvalue weighted by molar-refractivity contribution is -0.144. The number of nitrogens with one attached hydrogen (secondary N) is 1. The van der Waals surface area contributed by atoms with E-state index in [4.69, 9.17) is 0 Å². The molecule has 3 rings (SSSR count). The number of nitrogens with zero attached hydrogens (tertiary/aromatic N) is 2. The van der Waals surface area contributed by atoms with Gasteiger partial charge in [0.2, 0.25) is 5.91 Å². The van der Waals surface area contributed by atoms with Gasteiger partial charge in [-0.15, -0.1) is 0 Å². The van der Waals surface area contributed by atoms with E-state index in [0.717, 1.165) is 29.1 Å². The van der Waals surface area contributed by atoms with Crippen molar-refractivity contribution in [2.24, 2.45) is 0 Å². The number of hydrogen-bond acceptors (Lipinski definition) is 4. The van der Waals surface area contributed by atoms with Gasteiger partial charge in [0.1, 0.15) is 6.54 Å². The lowest BCUT2D eigenvalue weighted by Gasteiger charge is -2.20. The Morgan fingerprint density at radius 2 is 1.74 bits per heavy atom. The molecule has 2 fully saturated rings. The maximum absolute atomic E-state index is 12.5. The van der Waals surface area contributed by atoms with Crippen molar-refractivity contribution in [1.29, 1.82) is 0 Å². The van der Waals surface area contributed by atoms with E-state index >= 15 is 0 Å². The number of benzene rings is 1. The van der Waals surface area contributed by atoms with Crippen molar-refractivity contribution < 1.29 is 19.2 Å². The summed E-state index contributed by atoms with van der Waals surface area (Å²) in [5.41, 5.74) is 1.77. The van der Waals surface area contributed by atoms with Crippen LogP contribution in [0.5, 0.6) is 0 Å². The second kappa shape index (κ2) is 7.90. The molecule has 1 aliphatic carbocycles. The Bertz CT molecular complexity index is 753. The highest BCUT2D eigenvalue weighted by atomic mass is 16.2. The average molecular weight is 371 g/mol. The van der Waals surface area contributed by atoms with E-state index in [9.17, 15) is 19.2 Å². The number of rotatable bonds is 6. The number of carbonyl (C=O) groups excluding carboxylic acids is 4. The highest BCUT2D eigenvalue weighted by Crippen LogP contribution is 2.27. The fraction of sp³-hybridized carbons (Fsp3) is 0.500. The summed E-state index contributed by atoms with van der Waals surface area (Å²) in [6, 6.07) is 6.57. The predicted molar refractivity (Wildman–Crippen MR) is 100.0 cm³/mol. The van der Waals surface area contributed by atoms with Crippen LogP contribution in [-0.4, -0.2) is 46.1 Å². The standard InChI is InChI=1S/C20H25N3O4/c1-3-13(2)14-8-10-15(11-9-14)21-17(24)12-22-18(25)19(26)23(20(22)27)16-6-4-5-7-16/h8-11,13,16H,3-7,12H2,1-2H3,(H,21,24)/t13-/m1/s1. The second-order valence-corrected chi connectivity index (χ2v) is 7.27. The molecular formula is C20H25N3O4. The number of amides is 5. The number of anilines is 1. The van der Waals surface area contributed by atoms with Crippen LogP contribution in [0.4, 0.5) is 10.5 Å². The summed E-state index contributed by atoms with van der Waals surface area (Å²) < 4.78 is 0. The summed E-state index contributed by atoms with van der Waals surface area (Å²) in [7, 11) is 0. The Labute approximate surface area is 158 Å². The first-order chi connectivity index (χ1) is 12.9. The average Bonchev–Trinajstić information content (AvgIpc) is 3.25. The molecule has 0 unspecified atom stereocenters. The summed E-state index contributed by atoms with van der Waals surface area (Å²) in [5, 5.41) is 2.68. The van der Waals surface area contributed by atoms with Crippen LogP contribution in [0.15, 0.2) is 24.3 Å². The first-order valence-corrected chi connectivity index (χ1v) is 9.51. The Kier molecular flexibility index (Phi) is 5.58. The van der Waals surface area contributed by atoms with Crippen LogP contribution in [0.25, 0.3) is 0 Å². The lowest BCUT2D eigenvalue weighted by Crippen LogP contribution is -2.41. The number of urea groups is 1. The molecule has 0 radical (unpaired) electrons. The van der Waals surface area contributed by atoms with Gasteiger partial charge in [-0.2, -0.15) is 0 Å². The predicted octanol–water partition coefficient (Wildman–Crippen LogP) is 2.87. The molecule has 7 nitrogen and oxygen atoms in total. The zero-order valence-corrected chi connectivity index (χ0v) is 15.7. The van der Waals surface area contributed by atoms with Gasteiger partial charge in [0.25, 0.3) is 0 Å². The largest absolute Gasteiger partial charge is 0.334 e. The molecule has 0 spiro atoms. The number of carbonyl (C=O) groups is 4. The minimum atomic E-state index is -0.922. The molecule has 1 aromatic carbocycles. The minimum absolute atomic E-state index is 0.227. The molecule has 1 atom stereocenters. The fourth-order valence-corrected chi connectivity index (χ4v) is 3.62. The van der Waals surface area contributed by atoms with Crippen LogP contribution in [0.1, 0.15) is 57.4 Å². The molecule has 1 saturated carbocycles. The summed E-state index contributed by atoms with van der Waals surface area (Å²) in [4.78, 5) is 50.9. The van der Waals surface area contributed by atoms with E-state index in [1.165, 1.54) is 5.56 Å². The van der Waals surface area contributed by atoms with E-state index in [2.05, 4.69) is 19.2 Å². The topological polar surface area (TPSA) is 86.8 Å². The van der Waals surface area contributed by atoms with E-state index in [0.29, 0.717) is 24.4 Å². The third kappa shape index (κ3) is 3.86. The molecule has 27 heavy (non-hydrogen) atoms. The van der Waals surface area contributed by atoms with E-state index < -0.39 is 30.3 Å². The van der Waals surface area contributed by atoms with Gasteiger partial charge in [-0.25, -0.2) is 9.69 Å². The van der Waals surface area contributed by atoms with Crippen molar-refractivity contribution in [3.05, 3.63) is 29.8 Å². The third-order valence-corrected chi connectivity index (χ3v) is 5.45. The molecule has 7 heteroatoms. The van der Waals surface area contributed by atoms with Gasteiger partial charge in [-0.05, 0) is 42.9 Å². The normalized spacial score (nSPS) is 19.1. The van der Waals surface area contributed by atoms with Crippen LogP contribution < -0.4 is 5.32 Å². The van der Waals surface area contributed by atoms with Gasteiger partial charge < -0.3 is 5.32 Å². The highest BCUT2D eigenvalue weighted by Gasteiger charge is 2.48. The fourth-order valence-electron chi connectivity index (χ4n) is 3.62. The van der Waals surface area contributed by atoms with Crippen molar-refractivity contribution in [1.82, 2.24) is 9.80 Å². The number of hydrogen-bond donors (Lipinski definition) is 1. The van der Waals surface area contributed by atoms with Gasteiger partial charge in [0, 0.05) is 11.7 Å². The van der Waals surface area contributed by atoms with Crippen LogP contribution in [0, 0.1) is 0 Å². The monoisotopic (exact) mass is 371 g/mol. The van der Waals surface area contributed by atoms with Gasteiger partial charge >= 0.3 is 17.8 Å². The zero-order chi connectivity index (χ0) is 19.6. The Morgan fingerprint density at radius 3 is 2.33 bits per heavy atom. The molecule has 2 aliphatic rings. The van der Waals surface area contributed by atoms with E-state index in [1.807, 2.05) is 12.1 Å². The molecule has 144 valence electrons. The molecule has 1 saturated heterocycles. The van der Waals surface area contributed by atoms with Gasteiger partial charge in [-0.1, -0.05) is 38.8 Å². The molecule has 1 heterocycles. The molecular weight excluding hydrogens is 346 g/mol. The van der Waals surface area contributed by atoms with Crippen LogP contribution in [-0.2, 0) is 14.4 Å². The Hall–Kier alpha value is -2.70. The molecule has 1 aliphatic heterocycles. The summed E-state index contributed by atoms with van der Waals surface area (Å²) >= 11 is 0. The summed E-state index contributed by atoms with van der Waals surface area (Å²) in [6.45, 7) is 3.78. The quantitative estimate of drug-likeness (QED) is 0.615. The molecule has 0 bridgehead atoms. The van der Waals surface area contributed by atoms with Gasteiger partial charge in [0.05, 0.1) is 0 Å². The maximum atomic E-state index is 12.5. The Balaban J connectivity index is 1.62. The van der Waals surface area contributed by atoms with Gasteiger partial charge in [0.15, 0.2) is 0 Å². The minimum Gasteiger partial charge on any atom is -0.325 e. The van der Waals surface area contributed by atoms with Gasteiger partial charge in [-0.3, -0.25) is 19.3 Å². The lowest BCUT2D eigenvalue weighted by atomic mass is 9.99. The zero-order valence-electron chi connectivity index (χ0n) is 15.7. The van der Waals surface area contributed by atoms with Crippen molar-refractivity contribution >= 4 is 29.4 Å². The molecule has 1 N–H and O–H groups in total. The number of imide groups is 2. The second-order valence-electron chi connectivity index (χ2n) is 7.27. The maximum Gasteiger partial charge on any atom is 0.334 e. The van der Waals surface area contributed by atoms with E-state index in [1.54, 1.807) is 12.1 Å².